The number of hydrogen-bond donors (Lipinski definition) is 1. The molecule has 76 valence electrons. The van der Waals surface area contributed by atoms with Crippen molar-refractivity contribution >= 4 is 17.7 Å². The number of rotatable bonds is 3. The van der Waals surface area contributed by atoms with Gasteiger partial charge in [-0.2, -0.15) is 0 Å². The Kier molecular flexibility index (Phi) is 3.83. The van der Waals surface area contributed by atoms with Gasteiger partial charge in [0.2, 0.25) is 0 Å². The predicted molar refractivity (Wildman–Crippen MR) is 58.2 cm³/mol. The number of amides is 1. The van der Waals surface area contributed by atoms with E-state index >= 15 is 0 Å². The van der Waals surface area contributed by atoms with E-state index in [0.717, 1.165) is 4.90 Å². The van der Waals surface area contributed by atoms with Gasteiger partial charge in [0.25, 0.3) is 5.91 Å². The zero-order chi connectivity index (χ0) is 10.6. The van der Waals surface area contributed by atoms with Gasteiger partial charge in [0.05, 0.1) is 12.7 Å². The third kappa shape index (κ3) is 2.01. The van der Waals surface area contributed by atoms with Gasteiger partial charge in [0, 0.05) is 11.9 Å². The van der Waals surface area contributed by atoms with Crippen molar-refractivity contribution in [1.82, 2.24) is 5.32 Å². The van der Waals surface area contributed by atoms with E-state index in [4.69, 9.17) is 4.74 Å². The number of para-hydroxylation sites is 1. The van der Waals surface area contributed by atoms with Gasteiger partial charge in [-0.15, -0.1) is 11.8 Å². The zero-order valence-corrected chi connectivity index (χ0v) is 9.27. The number of methoxy groups -OCH3 is 1. The van der Waals surface area contributed by atoms with Crippen LogP contribution in [0.1, 0.15) is 10.4 Å². The second-order valence-corrected chi connectivity index (χ2v) is 3.47. The van der Waals surface area contributed by atoms with Crippen LogP contribution in [0.15, 0.2) is 23.1 Å². The quantitative estimate of drug-likeness (QED) is 0.774. The van der Waals surface area contributed by atoms with Gasteiger partial charge >= 0.3 is 0 Å². The summed E-state index contributed by atoms with van der Waals surface area (Å²) >= 11 is 1.56. The molecule has 0 aliphatic heterocycles. The lowest BCUT2D eigenvalue weighted by Crippen LogP contribution is -2.18. The molecule has 0 saturated carbocycles. The van der Waals surface area contributed by atoms with Crippen LogP contribution in [0.25, 0.3) is 0 Å². The first-order chi connectivity index (χ1) is 6.74. The average Bonchev–Trinajstić information content (AvgIpc) is 2.26. The summed E-state index contributed by atoms with van der Waals surface area (Å²) in [6, 6.07) is 5.52. The minimum Gasteiger partial charge on any atom is -0.495 e. The molecule has 0 radical (unpaired) electrons. The van der Waals surface area contributed by atoms with Crippen LogP contribution < -0.4 is 10.1 Å². The summed E-state index contributed by atoms with van der Waals surface area (Å²) in [6.45, 7) is 0. The van der Waals surface area contributed by atoms with Crippen molar-refractivity contribution in [3.63, 3.8) is 0 Å². The maximum atomic E-state index is 11.5. The Morgan fingerprint density at radius 2 is 2.21 bits per heavy atom. The molecule has 0 aliphatic carbocycles. The third-order valence-electron chi connectivity index (χ3n) is 1.87. The molecule has 0 bridgehead atoms. The summed E-state index contributed by atoms with van der Waals surface area (Å²) in [6.07, 6.45) is 1.95. The number of thioether (sulfide) groups is 1. The van der Waals surface area contributed by atoms with E-state index < -0.39 is 0 Å². The molecule has 0 unspecified atom stereocenters. The highest BCUT2D eigenvalue weighted by Gasteiger charge is 2.13. The average molecular weight is 211 g/mol. The minimum atomic E-state index is -0.127. The van der Waals surface area contributed by atoms with E-state index in [9.17, 15) is 4.79 Å². The lowest BCUT2D eigenvalue weighted by molar-refractivity contribution is 0.0959. The number of benzene rings is 1. The number of nitrogens with one attached hydrogen (secondary N) is 1. The van der Waals surface area contributed by atoms with Crippen LogP contribution in [0.4, 0.5) is 0 Å². The monoisotopic (exact) mass is 211 g/mol. The molecule has 0 fully saturated rings. The lowest BCUT2D eigenvalue weighted by atomic mass is 10.2. The highest BCUT2D eigenvalue weighted by atomic mass is 32.2. The van der Waals surface area contributed by atoms with Crippen LogP contribution in [0.5, 0.6) is 5.75 Å². The molecular weight excluding hydrogens is 198 g/mol. The molecule has 0 atom stereocenters. The summed E-state index contributed by atoms with van der Waals surface area (Å²) in [5.41, 5.74) is 0.571. The van der Waals surface area contributed by atoms with Gasteiger partial charge in [-0.3, -0.25) is 4.79 Å². The summed E-state index contributed by atoms with van der Waals surface area (Å²) in [5, 5.41) is 2.58. The van der Waals surface area contributed by atoms with Gasteiger partial charge in [0.15, 0.2) is 0 Å². The zero-order valence-electron chi connectivity index (χ0n) is 8.46. The van der Waals surface area contributed by atoms with E-state index in [0.29, 0.717) is 11.3 Å². The van der Waals surface area contributed by atoms with Gasteiger partial charge in [-0.1, -0.05) is 6.07 Å². The van der Waals surface area contributed by atoms with E-state index in [1.807, 2.05) is 18.4 Å². The molecule has 0 spiro atoms. The Hall–Kier alpha value is -1.16. The molecule has 1 amide bonds. The van der Waals surface area contributed by atoms with Crippen molar-refractivity contribution in [2.75, 3.05) is 20.4 Å². The highest BCUT2D eigenvalue weighted by Crippen LogP contribution is 2.30. The van der Waals surface area contributed by atoms with Gasteiger partial charge in [-0.05, 0) is 18.4 Å². The van der Waals surface area contributed by atoms with Crippen molar-refractivity contribution < 1.29 is 9.53 Å². The fraction of sp³-hybridized carbons (Fsp3) is 0.300. The Balaban J connectivity index is 3.21. The maximum Gasteiger partial charge on any atom is 0.254 e. The summed E-state index contributed by atoms with van der Waals surface area (Å²) in [7, 11) is 3.18. The fourth-order valence-corrected chi connectivity index (χ4v) is 1.79. The summed E-state index contributed by atoms with van der Waals surface area (Å²) in [4.78, 5) is 12.4. The molecule has 1 N–H and O–H groups in total. The minimum absolute atomic E-state index is 0.127. The Labute approximate surface area is 87.8 Å². The molecule has 3 nitrogen and oxygen atoms in total. The number of ether oxygens (including phenoxy) is 1. The van der Waals surface area contributed by atoms with E-state index in [-0.39, 0.29) is 5.91 Å². The number of carbonyl (C=O) groups is 1. The topological polar surface area (TPSA) is 38.3 Å². The smallest absolute Gasteiger partial charge is 0.254 e. The van der Waals surface area contributed by atoms with E-state index in [2.05, 4.69) is 5.32 Å². The standard InChI is InChI=1S/C10H13NO2S/c1-11-10(12)7-5-4-6-8(14-3)9(7)13-2/h4-6H,1-3H3,(H,11,12). The second-order valence-electron chi connectivity index (χ2n) is 2.62. The number of carbonyl (C=O) groups excluding carboxylic acids is 1. The van der Waals surface area contributed by atoms with Crippen LogP contribution in [-0.2, 0) is 0 Å². The van der Waals surface area contributed by atoms with Crippen LogP contribution >= 0.6 is 11.8 Å². The molecule has 0 aliphatic rings. The first-order valence-corrected chi connectivity index (χ1v) is 5.40. The maximum absolute atomic E-state index is 11.5. The fourth-order valence-electron chi connectivity index (χ4n) is 1.20. The first-order valence-electron chi connectivity index (χ1n) is 4.17. The Bertz CT molecular complexity index is 339. The van der Waals surface area contributed by atoms with Crippen molar-refractivity contribution in [2.24, 2.45) is 0 Å². The second kappa shape index (κ2) is 4.91. The summed E-state index contributed by atoms with van der Waals surface area (Å²) in [5.74, 6) is 0.511. The van der Waals surface area contributed by atoms with Crippen LogP contribution in [0, 0.1) is 0 Å². The largest absolute Gasteiger partial charge is 0.495 e. The van der Waals surface area contributed by atoms with Crippen LogP contribution in [0.2, 0.25) is 0 Å². The molecule has 14 heavy (non-hydrogen) atoms. The number of hydrogen-bond acceptors (Lipinski definition) is 3. The van der Waals surface area contributed by atoms with Gasteiger partial charge in [-0.25, -0.2) is 0 Å². The van der Waals surface area contributed by atoms with Crippen molar-refractivity contribution in [1.29, 1.82) is 0 Å². The molecular formula is C10H13NO2S. The lowest BCUT2D eigenvalue weighted by Gasteiger charge is -2.10. The summed E-state index contributed by atoms with van der Waals surface area (Å²) < 4.78 is 5.21. The third-order valence-corrected chi connectivity index (χ3v) is 2.64. The van der Waals surface area contributed by atoms with Gasteiger partial charge < -0.3 is 10.1 Å². The van der Waals surface area contributed by atoms with E-state index in [1.54, 1.807) is 32.0 Å². The normalized spacial score (nSPS) is 9.64. The molecule has 1 aromatic carbocycles. The Morgan fingerprint density at radius 3 is 2.71 bits per heavy atom. The molecule has 1 aromatic rings. The SMILES string of the molecule is CNC(=O)c1cccc(SC)c1OC. The van der Waals surface area contributed by atoms with Crippen LogP contribution in [-0.4, -0.2) is 26.3 Å². The molecule has 0 heterocycles. The molecule has 0 saturated heterocycles. The molecule has 1 rings (SSSR count). The van der Waals surface area contributed by atoms with Crippen molar-refractivity contribution in [3.8, 4) is 5.75 Å². The van der Waals surface area contributed by atoms with Crippen LogP contribution in [0.3, 0.4) is 0 Å². The molecule has 4 heteroatoms. The highest BCUT2D eigenvalue weighted by molar-refractivity contribution is 7.98. The van der Waals surface area contributed by atoms with Gasteiger partial charge in [0.1, 0.15) is 5.75 Å². The predicted octanol–water partition coefficient (Wildman–Crippen LogP) is 1.78. The first kappa shape index (κ1) is 10.9. The van der Waals surface area contributed by atoms with Crippen molar-refractivity contribution in [2.45, 2.75) is 4.90 Å². The molecule has 0 aromatic heterocycles. The van der Waals surface area contributed by atoms with Crippen molar-refractivity contribution in [3.05, 3.63) is 23.8 Å². The van der Waals surface area contributed by atoms with E-state index in [1.165, 1.54) is 0 Å². The Morgan fingerprint density at radius 1 is 1.50 bits per heavy atom.